The average molecular weight is 187 g/mol. The third-order valence-corrected chi connectivity index (χ3v) is 2.62. The van der Waals surface area contributed by atoms with Crippen LogP contribution < -0.4 is 5.32 Å². The highest BCUT2D eigenvalue weighted by Crippen LogP contribution is 2.28. The van der Waals surface area contributed by atoms with Crippen LogP contribution in [0.2, 0.25) is 0 Å². The number of rotatable bonds is 6. The van der Waals surface area contributed by atoms with E-state index in [1.807, 2.05) is 6.92 Å². The van der Waals surface area contributed by atoms with Gasteiger partial charge in [0.1, 0.15) is 0 Å². The Balaban J connectivity index is 1.98. The van der Waals surface area contributed by atoms with Crippen LogP contribution in [0.4, 0.5) is 0 Å². The van der Waals surface area contributed by atoms with Gasteiger partial charge in [0, 0.05) is 19.7 Å². The van der Waals surface area contributed by atoms with Gasteiger partial charge in [0.15, 0.2) is 0 Å². The first-order valence-electron chi connectivity index (χ1n) is 5.28. The zero-order valence-electron chi connectivity index (χ0n) is 8.51. The molecule has 1 saturated carbocycles. The Morgan fingerprint density at radius 3 is 2.69 bits per heavy atom. The Kier molecular flexibility index (Phi) is 4.70. The van der Waals surface area contributed by atoms with E-state index in [0.717, 1.165) is 39.1 Å². The largest absolute Gasteiger partial charge is 0.389 e. The molecule has 0 amide bonds. The van der Waals surface area contributed by atoms with Crippen molar-refractivity contribution in [2.45, 2.75) is 38.2 Å². The molecule has 0 atom stereocenters. The van der Waals surface area contributed by atoms with Crippen molar-refractivity contribution in [3.8, 4) is 0 Å². The van der Waals surface area contributed by atoms with Gasteiger partial charge >= 0.3 is 0 Å². The first kappa shape index (κ1) is 11.0. The monoisotopic (exact) mass is 187 g/mol. The van der Waals surface area contributed by atoms with Crippen LogP contribution in [0.3, 0.4) is 0 Å². The van der Waals surface area contributed by atoms with Crippen LogP contribution >= 0.6 is 0 Å². The molecule has 1 aliphatic rings. The number of ether oxygens (including phenoxy) is 1. The summed E-state index contributed by atoms with van der Waals surface area (Å²) in [6, 6.07) is 0. The lowest BCUT2D eigenvalue weighted by atomic mass is 10.0. The molecule has 78 valence electrons. The van der Waals surface area contributed by atoms with Crippen molar-refractivity contribution in [1.82, 2.24) is 5.32 Å². The fourth-order valence-corrected chi connectivity index (χ4v) is 1.82. The molecule has 0 bridgehead atoms. The van der Waals surface area contributed by atoms with Gasteiger partial charge in [0.2, 0.25) is 0 Å². The third kappa shape index (κ3) is 4.07. The van der Waals surface area contributed by atoms with Gasteiger partial charge < -0.3 is 15.2 Å². The molecule has 0 radical (unpaired) electrons. The second-order valence-corrected chi connectivity index (χ2v) is 3.81. The molecule has 13 heavy (non-hydrogen) atoms. The van der Waals surface area contributed by atoms with Crippen LogP contribution in [0.15, 0.2) is 0 Å². The van der Waals surface area contributed by atoms with E-state index in [4.69, 9.17) is 4.74 Å². The number of nitrogens with one attached hydrogen (secondary N) is 1. The molecule has 1 aliphatic carbocycles. The summed E-state index contributed by atoms with van der Waals surface area (Å²) in [6.07, 6.45) is 4.25. The second kappa shape index (κ2) is 5.58. The zero-order chi connectivity index (χ0) is 9.57. The van der Waals surface area contributed by atoms with Gasteiger partial charge in [0.25, 0.3) is 0 Å². The minimum Gasteiger partial charge on any atom is -0.389 e. The molecule has 0 aromatic heterocycles. The van der Waals surface area contributed by atoms with Crippen molar-refractivity contribution in [2.24, 2.45) is 0 Å². The average Bonchev–Trinajstić information content (AvgIpc) is 2.53. The molecular weight excluding hydrogens is 166 g/mol. The summed E-state index contributed by atoms with van der Waals surface area (Å²) >= 11 is 0. The molecule has 0 aromatic rings. The fourth-order valence-electron chi connectivity index (χ4n) is 1.82. The van der Waals surface area contributed by atoms with Crippen LogP contribution in [-0.4, -0.2) is 37.0 Å². The van der Waals surface area contributed by atoms with Crippen LogP contribution in [-0.2, 0) is 4.74 Å². The molecule has 1 fully saturated rings. The SMILES string of the molecule is CCOCCNCC1(O)CCCC1. The van der Waals surface area contributed by atoms with E-state index >= 15 is 0 Å². The van der Waals surface area contributed by atoms with E-state index in [1.165, 1.54) is 12.8 Å². The molecule has 3 nitrogen and oxygen atoms in total. The van der Waals surface area contributed by atoms with Crippen molar-refractivity contribution in [2.75, 3.05) is 26.3 Å². The normalized spacial score (nSPS) is 20.8. The number of hydrogen-bond acceptors (Lipinski definition) is 3. The van der Waals surface area contributed by atoms with Gasteiger partial charge in [-0.1, -0.05) is 12.8 Å². The highest BCUT2D eigenvalue weighted by Gasteiger charge is 2.30. The van der Waals surface area contributed by atoms with Crippen molar-refractivity contribution in [3.05, 3.63) is 0 Å². The molecule has 0 unspecified atom stereocenters. The van der Waals surface area contributed by atoms with Gasteiger partial charge in [-0.15, -0.1) is 0 Å². The molecule has 1 rings (SSSR count). The minimum absolute atomic E-state index is 0.424. The van der Waals surface area contributed by atoms with Gasteiger partial charge in [-0.2, -0.15) is 0 Å². The Morgan fingerprint density at radius 1 is 1.38 bits per heavy atom. The van der Waals surface area contributed by atoms with E-state index in [0.29, 0.717) is 0 Å². The Labute approximate surface area is 80.5 Å². The summed E-state index contributed by atoms with van der Waals surface area (Å²) < 4.78 is 5.19. The van der Waals surface area contributed by atoms with E-state index in [2.05, 4.69) is 5.32 Å². The van der Waals surface area contributed by atoms with Crippen molar-refractivity contribution >= 4 is 0 Å². The van der Waals surface area contributed by atoms with Gasteiger partial charge in [-0.05, 0) is 19.8 Å². The molecule has 0 heterocycles. The molecule has 3 heteroatoms. The maximum absolute atomic E-state index is 9.94. The molecule has 2 N–H and O–H groups in total. The Hall–Kier alpha value is -0.120. The lowest BCUT2D eigenvalue weighted by Crippen LogP contribution is -2.39. The van der Waals surface area contributed by atoms with Gasteiger partial charge in [0.05, 0.1) is 12.2 Å². The van der Waals surface area contributed by atoms with Crippen molar-refractivity contribution in [3.63, 3.8) is 0 Å². The van der Waals surface area contributed by atoms with Crippen LogP contribution in [0.25, 0.3) is 0 Å². The Morgan fingerprint density at radius 2 is 2.08 bits per heavy atom. The summed E-state index contributed by atoms with van der Waals surface area (Å²) in [4.78, 5) is 0. The van der Waals surface area contributed by atoms with E-state index in [1.54, 1.807) is 0 Å². The van der Waals surface area contributed by atoms with Gasteiger partial charge in [-0.3, -0.25) is 0 Å². The first-order chi connectivity index (χ1) is 6.27. The highest BCUT2D eigenvalue weighted by molar-refractivity contribution is 4.85. The van der Waals surface area contributed by atoms with Crippen LogP contribution in [0.5, 0.6) is 0 Å². The fraction of sp³-hybridized carbons (Fsp3) is 1.00. The molecule has 0 aromatic carbocycles. The highest BCUT2D eigenvalue weighted by atomic mass is 16.5. The predicted octanol–water partition coefficient (Wildman–Crippen LogP) is 0.918. The molecule has 0 spiro atoms. The summed E-state index contributed by atoms with van der Waals surface area (Å²) in [5.41, 5.74) is -0.424. The smallest absolute Gasteiger partial charge is 0.0771 e. The molecule has 0 aliphatic heterocycles. The number of hydrogen-bond donors (Lipinski definition) is 2. The third-order valence-electron chi connectivity index (χ3n) is 2.62. The van der Waals surface area contributed by atoms with Crippen LogP contribution in [0.1, 0.15) is 32.6 Å². The van der Waals surface area contributed by atoms with E-state index < -0.39 is 5.60 Å². The lowest BCUT2D eigenvalue weighted by molar-refractivity contribution is 0.0451. The maximum Gasteiger partial charge on any atom is 0.0771 e. The lowest BCUT2D eigenvalue weighted by Gasteiger charge is -2.22. The molecular formula is C10H21NO2. The quantitative estimate of drug-likeness (QED) is 0.607. The van der Waals surface area contributed by atoms with E-state index in [-0.39, 0.29) is 0 Å². The van der Waals surface area contributed by atoms with Crippen molar-refractivity contribution in [1.29, 1.82) is 0 Å². The molecule has 0 saturated heterocycles. The zero-order valence-corrected chi connectivity index (χ0v) is 8.51. The summed E-state index contributed by atoms with van der Waals surface area (Å²) in [5.74, 6) is 0. The summed E-state index contributed by atoms with van der Waals surface area (Å²) in [6.45, 7) is 5.07. The van der Waals surface area contributed by atoms with Crippen molar-refractivity contribution < 1.29 is 9.84 Å². The minimum atomic E-state index is -0.424. The first-order valence-corrected chi connectivity index (χ1v) is 5.28. The van der Waals surface area contributed by atoms with Gasteiger partial charge in [-0.25, -0.2) is 0 Å². The second-order valence-electron chi connectivity index (χ2n) is 3.81. The maximum atomic E-state index is 9.94. The topological polar surface area (TPSA) is 41.5 Å². The Bertz CT molecular complexity index is 133. The van der Waals surface area contributed by atoms with E-state index in [9.17, 15) is 5.11 Å². The standard InChI is InChI=1S/C10H21NO2/c1-2-13-8-7-11-9-10(12)5-3-4-6-10/h11-12H,2-9H2,1H3. The van der Waals surface area contributed by atoms with Crippen LogP contribution in [0, 0.1) is 0 Å². The predicted molar refractivity (Wildman–Crippen MR) is 52.8 cm³/mol. The summed E-state index contributed by atoms with van der Waals surface area (Å²) in [5, 5.41) is 13.2. The summed E-state index contributed by atoms with van der Waals surface area (Å²) in [7, 11) is 0. The number of aliphatic hydroxyl groups is 1.